The molecule has 1 atom stereocenters. The second-order valence-corrected chi connectivity index (χ2v) is 6.82. The van der Waals surface area contributed by atoms with Gasteiger partial charge >= 0.3 is 6.18 Å². The number of phenols is 2. The Morgan fingerprint density at radius 2 is 1.77 bits per heavy atom. The number of rotatable bonds is 5. The quantitative estimate of drug-likeness (QED) is 0.502. The van der Waals surface area contributed by atoms with Gasteiger partial charge in [0.05, 0.1) is 23.6 Å². The second-order valence-electron chi connectivity index (χ2n) is 6.82. The molecule has 3 aromatic rings. The maximum Gasteiger partial charge on any atom is 0.416 e. The maximum absolute atomic E-state index is 12.8. The van der Waals surface area contributed by atoms with Crippen LogP contribution in [0.4, 0.5) is 13.2 Å². The lowest BCUT2D eigenvalue weighted by Crippen LogP contribution is -2.12. The Morgan fingerprint density at radius 1 is 1.03 bits per heavy atom. The van der Waals surface area contributed by atoms with Crippen LogP contribution in [0, 0.1) is 6.92 Å². The molecular formula is C21H19F3N2O4. The van der Waals surface area contributed by atoms with Crippen molar-refractivity contribution in [2.75, 3.05) is 0 Å². The van der Waals surface area contributed by atoms with Crippen LogP contribution in [0.1, 0.15) is 34.1 Å². The molecule has 6 nitrogen and oxygen atoms in total. The van der Waals surface area contributed by atoms with E-state index in [1.807, 2.05) is 0 Å². The fourth-order valence-corrected chi connectivity index (χ4v) is 3.21. The zero-order valence-corrected chi connectivity index (χ0v) is 15.9. The minimum absolute atomic E-state index is 0.0247. The van der Waals surface area contributed by atoms with Gasteiger partial charge in [-0.2, -0.15) is 18.3 Å². The number of benzene rings is 2. The summed E-state index contributed by atoms with van der Waals surface area (Å²) in [5.74, 6) is -0.586. The lowest BCUT2D eigenvalue weighted by molar-refractivity contribution is -0.137. The Labute approximate surface area is 169 Å². The van der Waals surface area contributed by atoms with Crippen molar-refractivity contribution in [3.63, 3.8) is 0 Å². The van der Waals surface area contributed by atoms with Gasteiger partial charge in [-0.3, -0.25) is 0 Å². The predicted octanol–water partition coefficient (Wildman–Crippen LogP) is 3.65. The summed E-state index contributed by atoms with van der Waals surface area (Å²) < 4.78 is 38.5. The Balaban J connectivity index is 1.98. The van der Waals surface area contributed by atoms with Crippen LogP contribution in [-0.2, 0) is 19.2 Å². The molecule has 9 heteroatoms. The highest BCUT2D eigenvalue weighted by atomic mass is 19.4. The average Bonchev–Trinajstić information content (AvgIpc) is 2.67. The number of nitrogens with zero attached hydrogens (tertiary/aromatic N) is 2. The molecule has 1 aromatic heterocycles. The molecule has 0 saturated heterocycles. The standard InChI is InChI=1S/C21H19F3N2O4/c1-11-16(10-27)20(18(30)8-12-3-2-4-14(28)7-12)26-25-19(11)15-6-5-13(9-17(15)29)21(22,23)24/h2-7,9,18,27-30H,8,10H2,1H3. The molecule has 4 N–H and O–H groups in total. The van der Waals surface area contributed by atoms with Crippen LogP contribution in [0.3, 0.4) is 0 Å². The minimum atomic E-state index is -4.60. The van der Waals surface area contributed by atoms with Gasteiger partial charge in [-0.15, -0.1) is 5.10 Å². The smallest absolute Gasteiger partial charge is 0.416 e. The van der Waals surface area contributed by atoms with Crippen LogP contribution < -0.4 is 0 Å². The van der Waals surface area contributed by atoms with Gasteiger partial charge in [-0.05, 0) is 48.4 Å². The van der Waals surface area contributed by atoms with E-state index in [1.54, 1.807) is 19.1 Å². The van der Waals surface area contributed by atoms with E-state index in [4.69, 9.17) is 0 Å². The van der Waals surface area contributed by atoms with E-state index < -0.39 is 30.2 Å². The Kier molecular flexibility index (Phi) is 5.95. The molecule has 158 valence electrons. The summed E-state index contributed by atoms with van der Waals surface area (Å²) in [7, 11) is 0. The van der Waals surface area contributed by atoms with Gasteiger partial charge < -0.3 is 20.4 Å². The highest BCUT2D eigenvalue weighted by Gasteiger charge is 2.31. The number of alkyl halides is 3. The van der Waals surface area contributed by atoms with Crippen molar-refractivity contribution in [3.05, 3.63) is 70.4 Å². The normalized spacial score (nSPS) is 12.7. The lowest BCUT2D eigenvalue weighted by Gasteiger charge is -2.18. The Hall–Kier alpha value is -3.17. The summed E-state index contributed by atoms with van der Waals surface area (Å²) in [6.07, 6.45) is -5.65. The summed E-state index contributed by atoms with van der Waals surface area (Å²) in [5.41, 5.74) is 0.480. The van der Waals surface area contributed by atoms with E-state index in [1.165, 1.54) is 12.1 Å². The van der Waals surface area contributed by atoms with Crippen molar-refractivity contribution in [2.45, 2.75) is 32.2 Å². The van der Waals surface area contributed by atoms with E-state index in [-0.39, 0.29) is 34.7 Å². The van der Waals surface area contributed by atoms with Gasteiger partial charge in [0.15, 0.2) is 0 Å². The van der Waals surface area contributed by atoms with Gasteiger partial charge in [0.1, 0.15) is 17.6 Å². The zero-order valence-electron chi connectivity index (χ0n) is 15.9. The maximum atomic E-state index is 12.8. The molecule has 0 aliphatic heterocycles. The third-order valence-electron chi connectivity index (χ3n) is 4.77. The molecule has 0 aliphatic carbocycles. The number of halogens is 3. The SMILES string of the molecule is Cc1c(-c2ccc(C(F)(F)F)cc2O)nnc(C(O)Cc2cccc(O)c2)c1CO. The first-order chi connectivity index (χ1) is 14.1. The first-order valence-corrected chi connectivity index (χ1v) is 8.95. The van der Waals surface area contributed by atoms with Crippen molar-refractivity contribution < 1.29 is 33.6 Å². The summed E-state index contributed by atoms with van der Waals surface area (Å²) in [6, 6.07) is 8.80. The topological polar surface area (TPSA) is 107 Å². The number of aliphatic hydroxyl groups excluding tert-OH is 2. The van der Waals surface area contributed by atoms with Crippen LogP contribution in [0.25, 0.3) is 11.3 Å². The number of hydrogen-bond acceptors (Lipinski definition) is 6. The molecule has 0 radical (unpaired) electrons. The van der Waals surface area contributed by atoms with Gasteiger partial charge in [-0.25, -0.2) is 0 Å². The second kappa shape index (κ2) is 8.29. The fraction of sp³-hybridized carbons (Fsp3) is 0.238. The number of aliphatic hydroxyl groups is 2. The molecule has 30 heavy (non-hydrogen) atoms. The molecule has 0 saturated carbocycles. The number of hydrogen-bond donors (Lipinski definition) is 4. The minimum Gasteiger partial charge on any atom is -0.508 e. The van der Waals surface area contributed by atoms with E-state index >= 15 is 0 Å². The van der Waals surface area contributed by atoms with E-state index in [0.717, 1.165) is 12.1 Å². The largest absolute Gasteiger partial charge is 0.508 e. The molecule has 0 bridgehead atoms. The fourth-order valence-electron chi connectivity index (χ4n) is 3.21. The number of phenolic OH excluding ortho intramolecular Hbond substituents is 2. The van der Waals surface area contributed by atoms with Gasteiger partial charge in [-0.1, -0.05) is 12.1 Å². The van der Waals surface area contributed by atoms with Crippen LogP contribution in [0.15, 0.2) is 42.5 Å². The molecule has 3 rings (SSSR count). The van der Waals surface area contributed by atoms with Crippen molar-refractivity contribution in [1.82, 2.24) is 10.2 Å². The third-order valence-corrected chi connectivity index (χ3v) is 4.77. The van der Waals surface area contributed by atoms with Gasteiger partial charge in [0.25, 0.3) is 0 Å². The molecule has 0 spiro atoms. The number of aromatic hydroxyl groups is 2. The van der Waals surface area contributed by atoms with Crippen LogP contribution in [0.2, 0.25) is 0 Å². The molecule has 0 fully saturated rings. The molecule has 0 aliphatic rings. The van der Waals surface area contributed by atoms with Gasteiger partial charge in [0, 0.05) is 17.5 Å². The van der Waals surface area contributed by atoms with Crippen LogP contribution in [-0.4, -0.2) is 30.6 Å². The van der Waals surface area contributed by atoms with E-state index in [2.05, 4.69) is 10.2 Å². The van der Waals surface area contributed by atoms with Crippen molar-refractivity contribution in [1.29, 1.82) is 0 Å². The first-order valence-electron chi connectivity index (χ1n) is 8.95. The lowest BCUT2D eigenvalue weighted by atomic mass is 9.96. The molecule has 1 unspecified atom stereocenters. The number of aromatic nitrogens is 2. The van der Waals surface area contributed by atoms with Crippen molar-refractivity contribution >= 4 is 0 Å². The summed E-state index contributed by atoms with van der Waals surface area (Å²) >= 11 is 0. The molecule has 2 aromatic carbocycles. The Morgan fingerprint density at radius 3 is 2.37 bits per heavy atom. The van der Waals surface area contributed by atoms with E-state index in [0.29, 0.717) is 17.2 Å². The summed E-state index contributed by atoms with van der Waals surface area (Å²) in [4.78, 5) is 0. The van der Waals surface area contributed by atoms with Crippen LogP contribution >= 0.6 is 0 Å². The first kappa shape index (κ1) is 21.5. The Bertz CT molecular complexity index is 1070. The highest BCUT2D eigenvalue weighted by Crippen LogP contribution is 2.38. The monoisotopic (exact) mass is 420 g/mol. The molecule has 1 heterocycles. The summed E-state index contributed by atoms with van der Waals surface area (Å²) in [5, 5.41) is 48.0. The zero-order chi connectivity index (χ0) is 22.1. The summed E-state index contributed by atoms with van der Waals surface area (Å²) in [6.45, 7) is 1.07. The third kappa shape index (κ3) is 4.37. The molecular weight excluding hydrogens is 401 g/mol. The van der Waals surface area contributed by atoms with Crippen molar-refractivity contribution in [3.8, 4) is 22.8 Å². The average molecular weight is 420 g/mol. The predicted molar refractivity (Wildman–Crippen MR) is 102 cm³/mol. The van der Waals surface area contributed by atoms with Crippen molar-refractivity contribution in [2.24, 2.45) is 0 Å². The highest BCUT2D eigenvalue weighted by molar-refractivity contribution is 5.71. The van der Waals surface area contributed by atoms with Gasteiger partial charge in [0.2, 0.25) is 0 Å². The van der Waals surface area contributed by atoms with Crippen LogP contribution in [0.5, 0.6) is 11.5 Å². The van der Waals surface area contributed by atoms with E-state index in [9.17, 15) is 33.6 Å². The molecule has 0 amide bonds.